The largest absolute Gasteiger partial charge is 2.00 e. The van der Waals surface area contributed by atoms with Gasteiger partial charge < -0.3 is 25.1 Å². The van der Waals surface area contributed by atoms with Crippen LogP contribution in [0, 0.1) is 6.20 Å². The van der Waals surface area contributed by atoms with Gasteiger partial charge in [-0.05, 0) is 46.9 Å². The van der Waals surface area contributed by atoms with Crippen LogP contribution in [0.5, 0.6) is 0 Å². The van der Waals surface area contributed by atoms with Crippen LogP contribution < -0.4 is 5.10 Å². The van der Waals surface area contributed by atoms with Crippen molar-refractivity contribution in [3.8, 4) is 33.8 Å². The molecule has 0 N–H and O–H groups in total. The third-order valence-corrected chi connectivity index (χ3v) is 6.21. The zero-order valence-corrected chi connectivity index (χ0v) is 26.0. The molecule has 5 rings (SSSR count). The molecule has 0 aliphatic heterocycles. The Bertz CT molecular complexity index is 1610. The molecule has 0 saturated heterocycles. The maximum absolute atomic E-state index is 12.7. The van der Waals surface area contributed by atoms with Gasteiger partial charge in [0, 0.05) is 41.7 Å². The van der Waals surface area contributed by atoms with E-state index in [0.717, 1.165) is 23.4 Å². The summed E-state index contributed by atoms with van der Waals surface area (Å²) in [6.45, 7) is 8.57. The van der Waals surface area contributed by atoms with E-state index in [9.17, 15) is 26.3 Å². The van der Waals surface area contributed by atoms with Crippen LogP contribution in [-0.4, -0.2) is 30.0 Å². The van der Waals surface area contributed by atoms with Crippen LogP contribution >= 0.6 is 0 Å². The van der Waals surface area contributed by atoms with Crippen molar-refractivity contribution in [2.24, 2.45) is 0 Å². The normalized spacial score (nSPS) is 11.6. The summed E-state index contributed by atoms with van der Waals surface area (Å²) in [6.07, 6.45) is 0.134. The van der Waals surface area contributed by atoms with Crippen molar-refractivity contribution in [1.82, 2.24) is 35.1 Å². The first-order valence-corrected chi connectivity index (χ1v) is 13.0. The minimum absolute atomic E-state index is 0. The summed E-state index contributed by atoms with van der Waals surface area (Å²) in [5.74, 6) is -0.539. The average Bonchev–Trinajstić information content (AvgIpc) is 3.49. The Morgan fingerprint density at radius 2 is 1.43 bits per heavy atom. The first-order chi connectivity index (χ1) is 20.3. The number of hydrogen-bond donors (Lipinski definition) is 0. The van der Waals surface area contributed by atoms with Gasteiger partial charge in [-0.25, -0.2) is 0 Å². The molecule has 0 amide bonds. The summed E-state index contributed by atoms with van der Waals surface area (Å²) in [6, 6.07) is 10.8. The van der Waals surface area contributed by atoms with Gasteiger partial charge in [-0.1, -0.05) is 69.4 Å². The van der Waals surface area contributed by atoms with Gasteiger partial charge in [-0.15, -0.1) is 0 Å². The van der Waals surface area contributed by atoms with Crippen LogP contribution in [0.15, 0.2) is 67.4 Å². The molecule has 1 aromatic carbocycles. The minimum Gasteiger partial charge on any atom is -0.573 e. The van der Waals surface area contributed by atoms with E-state index >= 15 is 0 Å². The second kappa shape index (κ2) is 14.2. The molecule has 0 unspecified atom stereocenters. The van der Waals surface area contributed by atoms with Crippen molar-refractivity contribution < 1.29 is 47.4 Å². The number of halogens is 6. The quantitative estimate of drug-likeness (QED) is 0.133. The molecule has 44 heavy (non-hydrogen) atoms. The molecule has 0 saturated carbocycles. The molecule has 5 aromatic rings. The predicted octanol–water partition coefficient (Wildman–Crippen LogP) is 7.78. The van der Waals surface area contributed by atoms with Gasteiger partial charge in [-0.3, -0.25) is 9.97 Å². The molecule has 0 bridgehead atoms. The molecule has 14 heteroatoms. The van der Waals surface area contributed by atoms with Crippen molar-refractivity contribution in [1.29, 1.82) is 0 Å². The first-order valence-electron chi connectivity index (χ1n) is 13.0. The standard InChI is InChI=1S/C21H21F3N3.C9H4F3N4.Pt/c1-12(2)15-6-5-7-16(13(3)4)20(15)14-8-9-17(25-11-14)18-10-19(27-26-18)21(22,23)24;10-9(11,12)8-15-3-6(4-16-8)7-5-13-1-2-14-7;/h5-13H,1-4H3;1-3,5H;/q2*-1;+2. The van der Waals surface area contributed by atoms with Crippen LogP contribution in [0.3, 0.4) is 0 Å². The van der Waals surface area contributed by atoms with Gasteiger partial charge in [0.05, 0.1) is 0 Å². The Kier molecular flexibility index (Phi) is 11.1. The summed E-state index contributed by atoms with van der Waals surface area (Å²) >= 11 is 0. The molecule has 0 spiro atoms. The van der Waals surface area contributed by atoms with Gasteiger partial charge in [-0.2, -0.15) is 26.3 Å². The molecular formula is C30H25F6N7Pt. The van der Waals surface area contributed by atoms with Crippen LogP contribution in [0.1, 0.15) is 62.2 Å². The summed E-state index contributed by atoms with van der Waals surface area (Å²) < 4.78 is 74.6. The van der Waals surface area contributed by atoms with E-state index in [-0.39, 0.29) is 32.3 Å². The van der Waals surface area contributed by atoms with Crippen molar-refractivity contribution in [3.63, 3.8) is 0 Å². The van der Waals surface area contributed by atoms with E-state index in [1.165, 1.54) is 29.7 Å². The Labute approximate surface area is 263 Å². The molecule has 0 fully saturated rings. The first kappa shape index (κ1) is 34.5. The molecule has 0 aliphatic carbocycles. The van der Waals surface area contributed by atoms with Crippen molar-refractivity contribution in [2.45, 2.75) is 51.9 Å². The SMILES string of the molecule is CC(C)c1cccc(C(C)C)c1-c1ccc(-c2cc(C(F)(F)F)n[n-]2)nc1.FC(F)(F)c1n[c-]c(-c2cnccn2)cn1.[Pt+2]. The number of rotatable bonds is 5. The summed E-state index contributed by atoms with van der Waals surface area (Å²) in [5.41, 5.74) is 4.66. The van der Waals surface area contributed by atoms with E-state index in [2.05, 4.69) is 87.2 Å². The Balaban J connectivity index is 0.000000266. The molecule has 7 nitrogen and oxygen atoms in total. The third kappa shape index (κ3) is 8.34. The summed E-state index contributed by atoms with van der Waals surface area (Å²) in [4.78, 5) is 18.3. The maximum Gasteiger partial charge on any atom is 2.00 e. The zero-order valence-electron chi connectivity index (χ0n) is 23.7. The second-order valence-corrected chi connectivity index (χ2v) is 9.97. The summed E-state index contributed by atoms with van der Waals surface area (Å²) in [7, 11) is 0. The van der Waals surface area contributed by atoms with Gasteiger partial charge in [0.15, 0.2) is 0 Å². The Morgan fingerprint density at radius 1 is 0.750 bits per heavy atom. The van der Waals surface area contributed by atoms with Gasteiger partial charge in [0.25, 0.3) is 0 Å². The zero-order chi connectivity index (χ0) is 31.4. The fourth-order valence-corrected chi connectivity index (χ4v) is 4.13. The van der Waals surface area contributed by atoms with Crippen LogP contribution in [0.25, 0.3) is 33.8 Å². The van der Waals surface area contributed by atoms with E-state index in [0.29, 0.717) is 23.2 Å². The van der Waals surface area contributed by atoms with E-state index in [1.807, 2.05) is 6.07 Å². The Hall–Kier alpha value is -3.99. The molecule has 0 radical (unpaired) electrons. The molecule has 4 heterocycles. The number of benzene rings is 1. The third-order valence-electron chi connectivity index (χ3n) is 6.21. The fraction of sp³-hybridized carbons (Fsp3) is 0.267. The molecular weight excluding hydrogens is 767 g/mol. The maximum atomic E-state index is 12.7. The van der Waals surface area contributed by atoms with E-state index < -0.39 is 23.9 Å². The van der Waals surface area contributed by atoms with E-state index in [4.69, 9.17) is 0 Å². The smallest absolute Gasteiger partial charge is 0.573 e. The second-order valence-electron chi connectivity index (χ2n) is 9.97. The van der Waals surface area contributed by atoms with Crippen molar-refractivity contribution in [3.05, 3.63) is 96.2 Å². The van der Waals surface area contributed by atoms with Crippen molar-refractivity contribution >= 4 is 0 Å². The average molecular weight is 793 g/mol. The fourth-order valence-electron chi connectivity index (χ4n) is 4.13. The number of aromatic nitrogens is 7. The molecule has 4 aromatic heterocycles. The number of hydrogen-bond acceptors (Lipinski definition) is 6. The van der Waals surface area contributed by atoms with Gasteiger partial charge in [0.1, 0.15) is 11.5 Å². The molecule has 0 aliphatic rings. The Morgan fingerprint density at radius 3 is 1.89 bits per heavy atom. The van der Waals surface area contributed by atoms with E-state index in [1.54, 1.807) is 12.3 Å². The number of pyridine rings is 1. The van der Waals surface area contributed by atoms with Crippen LogP contribution in [0.4, 0.5) is 26.3 Å². The number of nitrogens with zero attached hydrogens (tertiary/aromatic N) is 7. The molecule has 0 atom stereocenters. The van der Waals surface area contributed by atoms with Crippen LogP contribution in [0.2, 0.25) is 0 Å². The van der Waals surface area contributed by atoms with Gasteiger partial charge in [0.2, 0.25) is 0 Å². The minimum atomic E-state index is -4.56. The van der Waals surface area contributed by atoms with Crippen molar-refractivity contribution in [2.75, 3.05) is 0 Å². The van der Waals surface area contributed by atoms with Crippen LogP contribution in [-0.2, 0) is 33.4 Å². The monoisotopic (exact) mass is 792 g/mol. The molecule has 232 valence electrons. The predicted molar refractivity (Wildman–Crippen MR) is 146 cm³/mol. The summed E-state index contributed by atoms with van der Waals surface area (Å²) in [5, 5.41) is 6.82. The number of alkyl halides is 6. The topological polar surface area (TPSA) is 91.4 Å². The van der Waals surface area contributed by atoms with Gasteiger partial charge >= 0.3 is 33.4 Å².